The Morgan fingerprint density at radius 3 is 2.39 bits per heavy atom. The molecule has 38 heavy (non-hydrogen) atoms. The van der Waals surface area contributed by atoms with Gasteiger partial charge in [0.1, 0.15) is 11.5 Å². The molecule has 1 N–H and O–H groups in total. The summed E-state index contributed by atoms with van der Waals surface area (Å²) < 4.78 is 17.3. The first-order valence-corrected chi connectivity index (χ1v) is 13.1. The summed E-state index contributed by atoms with van der Waals surface area (Å²) >= 11 is 0. The van der Waals surface area contributed by atoms with E-state index in [1.54, 1.807) is 37.4 Å². The molecule has 1 fully saturated rings. The van der Waals surface area contributed by atoms with Crippen LogP contribution >= 0.6 is 0 Å². The molecule has 1 aliphatic rings. The Morgan fingerprint density at radius 2 is 1.79 bits per heavy atom. The van der Waals surface area contributed by atoms with Crippen LogP contribution in [0.2, 0.25) is 0 Å². The zero-order valence-corrected chi connectivity index (χ0v) is 23.5. The third-order valence-corrected chi connectivity index (χ3v) is 6.40. The molecule has 2 aromatic carbocycles. The number of rotatable bonds is 12. The number of nitrogens with zero attached hydrogens (tertiary/aromatic N) is 2. The van der Waals surface area contributed by atoms with Crippen LogP contribution in [0.4, 0.5) is 0 Å². The maximum Gasteiger partial charge on any atom is 0.295 e. The number of unbranched alkanes of at least 4 members (excludes halogenated alkanes) is 1. The second-order valence-electron chi connectivity index (χ2n) is 10.1. The first kappa shape index (κ1) is 29.0. The lowest BCUT2D eigenvalue weighted by Crippen LogP contribution is -2.35. The molecule has 0 aromatic heterocycles. The Bertz CT molecular complexity index is 1190. The summed E-state index contributed by atoms with van der Waals surface area (Å²) in [5, 5.41) is 11.4. The van der Waals surface area contributed by atoms with E-state index in [0.717, 1.165) is 18.4 Å². The number of aryl methyl sites for hydroxylation is 1. The van der Waals surface area contributed by atoms with Gasteiger partial charge in [-0.2, -0.15) is 0 Å². The van der Waals surface area contributed by atoms with Gasteiger partial charge in [-0.1, -0.05) is 19.4 Å². The smallest absolute Gasteiger partial charge is 0.295 e. The third kappa shape index (κ3) is 6.48. The van der Waals surface area contributed by atoms with E-state index in [2.05, 4.69) is 6.92 Å². The lowest BCUT2D eigenvalue weighted by Gasteiger charge is -2.27. The summed E-state index contributed by atoms with van der Waals surface area (Å²) in [5.41, 5.74) is 1.96. The van der Waals surface area contributed by atoms with Gasteiger partial charge in [0.15, 0.2) is 11.5 Å². The normalized spacial score (nSPS) is 17.0. The Morgan fingerprint density at radius 1 is 1.08 bits per heavy atom. The molecule has 1 heterocycles. The number of hydrogen-bond acceptors (Lipinski definition) is 7. The average molecular weight is 525 g/mol. The van der Waals surface area contributed by atoms with Crippen molar-refractivity contribution in [2.24, 2.45) is 0 Å². The monoisotopic (exact) mass is 524 g/mol. The highest BCUT2D eigenvalue weighted by Crippen LogP contribution is 2.42. The summed E-state index contributed by atoms with van der Waals surface area (Å²) in [7, 11) is 5.36. The molecule has 2 aromatic rings. The van der Waals surface area contributed by atoms with Crippen LogP contribution in [0.1, 0.15) is 56.3 Å². The summed E-state index contributed by atoms with van der Waals surface area (Å²) in [4.78, 5) is 30.0. The summed E-state index contributed by atoms with van der Waals surface area (Å²) in [6, 6.07) is 9.85. The lowest BCUT2D eigenvalue weighted by atomic mass is 9.94. The van der Waals surface area contributed by atoms with E-state index in [-0.39, 0.29) is 17.4 Å². The molecular weight excluding hydrogens is 484 g/mol. The molecule has 0 bridgehead atoms. The lowest BCUT2D eigenvalue weighted by molar-refractivity contribution is -0.140. The number of ketones is 1. The topological polar surface area (TPSA) is 88.5 Å². The van der Waals surface area contributed by atoms with Crippen LogP contribution in [0.15, 0.2) is 42.0 Å². The van der Waals surface area contributed by atoms with Gasteiger partial charge >= 0.3 is 0 Å². The molecular formula is C30H40N2O6. The Labute approximate surface area is 225 Å². The third-order valence-electron chi connectivity index (χ3n) is 6.40. The predicted octanol–water partition coefficient (Wildman–Crippen LogP) is 4.95. The van der Waals surface area contributed by atoms with Crippen LogP contribution in [-0.4, -0.2) is 73.6 Å². The Hall–Kier alpha value is -3.52. The van der Waals surface area contributed by atoms with Gasteiger partial charge in [-0.25, -0.2) is 0 Å². The van der Waals surface area contributed by atoms with Crippen molar-refractivity contribution in [3.8, 4) is 17.2 Å². The van der Waals surface area contributed by atoms with E-state index in [1.807, 2.05) is 45.8 Å². The van der Waals surface area contributed by atoms with E-state index in [4.69, 9.17) is 14.2 Å². The van der Waals surface area contributed by atoms with Crippen LogP contribution in [0.3, 0.4) is 0 Å². The second kappa shape index (κ2) is 12.8. The number of hydrogen-bond donors (Lipinski definition) is 1. The minimum Gasteiger partial charge on any atom is -0.507 e. The number of aliphatic hydroxyl groups is 1. The average Bonchev–Trinajstić information content (AvgIpc) is 3.13. The zero-order valence-electron chi connectivity index (χ0n) is 23.5. The fraction of sp³-hybridized carbons (Fsp3) is 0.467. The van der Waals surface area contributed by atoms with Crippen LogP contribution < -0.4 is 14.2 Å². The largest absolute Gasteiger partial charge is 0.507 e. The minimum absolute atomic E-state index is 0.000859. The number of ether oxygens (including phenoxy) is 3. The number of aliphatic hydroxyl groups excluding tert-OH is 1. The standard InChI is InChI=1S/C30H40N2O6/c1-8-9-16-37-24-13-10-21(18-25(24)36-7)27-26(29(34)30(35)32(27)15-14-31(5)6)28(33)22-11-12-23(20(4)17-22)38-19(2)3/h10-13,17-19,27,33H,8-9,14-16H2,1-7H3. The number of benzene rings is 2. The molecule has 1 atom stereocenters. The first-order chi connectivity index (χ1) is 18.1. The molecule has 0 saturated carbocycles. The quantitative estimate of drug-likeness (QED) is 0.182. The number of amides is 1. The fourth-order valence-corrected chi connectivity index (χ4v) is 4.40. The zero-order chi connectivity index (χ0) is 28.0. The Kier molecular flexibility index (Phi) is 9.80. The molecule has 0 aliphatic carbocycles. The SMILES string of the molecule is CCCCOc1ccc(C2C(=C(O)c3ccc(OC(C)C)c(C)c3)C(=O)C(=O)N2CCN(C)C)cc1OC. The van der Waals surface area contributed by atoms with Gasteiger partial charge in [-0.05, 0) is 82.7 Å². The van der Waals surface area contributed by atoms with Crippen molar-refractivity contribution in [3.63, 3.8) is 0 Å². The second-order valence-corrected chi connectivity index (χ2v) is 10.1. The van der Waals surface area contributed by atoms with E-state index in [0.29, 0.717) is 48.1 Å². The molecule has 3 rings (SSSR count). The summed E-state index contributed by atoms with van der Waals surface area (Å²) in [5.74, 6) is 0.213. The summed E-state index contributed by atoms with van der Waals surface area (Å²) in [6.45, 7) is 9.28. The fourth-order valence-electron chi connectivity index (χ4n) is 4.40. The van der Waals surface area contributed by atoms with Crippen LogP contribution in [-0.2, 0) is 9.59 Å². The number of likely N-dealkylation sites (N-methyl/N-ethyl adjacent to an activating group) is 1. The maximum absolute atomic E-state index is 13.3. The van der Waals surface area contributed by atoms with Gasteiger partial charge in [0, 0.05) is 18.7 Å². The van der Waals surface area contributed by atoms with E-state index < -0.39 is 17.7 Å². The number of Topliss-reactive ketones (excluding diaryl/α,β-unsaturated/α-hetero) is 1. The number of carbonyl (C=O) groups excluding carboxylic acids is 2. The van der Waals surface area contributed by atoms with Crippen molar-refractivity contribution in [2.45, 2.75) is 52.7 Å². The minimum atomic E-state index is -0.777. The molecule has 8 nitrogen and oxygen atoms in total. The van der Waals surface area contributed by atoms with Gasteiger partial charge in [0.25, 0.3) is 11.7 Å². The van der Waals surface area contributed by atoms with Crippen molar-refractivity contribution >= 4 is 17.4 Å². The van der Waals surface area contributed by atoms with Gasteiger partial charge in [0.2, 0.25) is 0 Å². The van der Waals surface area contributed by atoms with Crippen molar-refractivity contribution in [1.82, 2.24) is 9.80 Å². The van der Waals surface area contributed by atoms with Crippen molar-refractivity contribution in [1.29, 1.82) is 0 Å². The molecule has 206 valence electrons. The Balaban J connectivity index is 2.11. The number of carbonyl (C=O) groups is 2. The van der Waals surface area contributed by atoms with Crippen LogP contribution in [0.25, 0.3) is 5.76 Å². The van der Waals surface area contributed by atoms with E-state index in [1.165, 1.54) is 4.90 Å². The molecule has 1 amide bonds. The molecule has 8 heteroatoms. The van der Waals surface area contributed by atoms with Gasteiger partial charge in [-0.3, -0.25) is 9.59 Å². The van der Waals surface area contributed by atoms with Crippen LogP contribution in [0, 0.1) is 6.92 Å². The van der Waals surface area contributed by atoms with Crippen LogP contribution in [0.5, 0.6) is 17.2 Å². The molecule has 0 radical (unpaired) electrons. The predicted molar refractivity (Wildman–Crippen MR) is 148 cm³/mol. The van der Waals surface area contributed by atoms with Gasteiger partial charge in [0.05, 0.1) is 31.4 Å². The van der Waals surface area contributed by atoms with Gasteiger partial charge in [-0.15, -0.1) is 0 Å². The number of methoxy groups -OCH3 is 1. The first-order valence-electron chi connectivity index (χ1n) is 13.1. The highest BCUT2D eigenvalue weighted by molar-refractivity contribution is 6.46. The number of likely N-dealkylation sites (tertiary alicyclic amines) is 1. The molecule has 1 unspecified atom stereocenters. The van der Waals surface area contributed by atoms with E-state index in [9.17, 15) is 14.7 Å². The highest BCUT2D eigenvalue weighted by atomic mass is 16.5. The molecule has 1 aliphatic heterocycles. The molecule has 1 saturated heterocycles. The highest BCUT2D eigenvalue weighted by Gasteiger charge is 2.46. The summed E-state index contributed by atoms with van der Waals surface area (Å²) in [6.07, 6.45) is 1.92. The maximum atomic E-state index is 13.3. The van der Waals surface area contributed by atoms with E-state index >= 15 is 0 Å². The molecule has 0 spiro atoms. The van der Waals surface area contributed by atoms with Crippen molar-refractivity contribution in [3.05, 3.63) is 58.7 Å². The van der Waals surface area contributed by atoms with Gasteiger partial charge < -0.3 is 29.1 Å². The van der Waals surface area contributed by atoms with Crippen molar-refractivity contribution < 1.29 is 28.9 Å². The van der Waals surface area contributed by atoms with Crippen molar-refractivity contribution in [2.75, 3.05) is 40.9 Å².